The van der Waals surface area contributed by atoms with Crippen molar-refractivity contribution >= 4 is 22.9 Å². The van der Waals surface area contributed by atoms with E-state index in [1.807, 2.05) is 12.1 Å². The van der Waals surface area contributed by atoms with E-state index in [1.54, 1.807) is 6.07 Å². The van der Waals surface area contributed by atoms with Crippen molar-refractivity contribution in [3.05, 3.63) is 41.1 Å². The number of hydrogen-bond donors (Lipinski definition) is 1. The zero-order chi connectivity index (χ0) is 14.8. The highest BCUT2D eigenvalue weighted by Gasteiger charge is 2.13. The fourth-order valence-corrected chi connectivity index (χ4v) is 2.97. The van der Waals surface area contributed by atoms with Crippen LogP contribution in [0.4, 0.5) is 0 Å². The average Bonchev–Trinajstić information content (AvgIpc) is 2.90. The predicted molar refractivity (Wildman–Crippen MR) is 85.2 cm³/mol. The molecule has 0 spiro atoms. The van der Waals surface area contributed by atoms with E-state index in [0.29, 0.717) is 5.56 Å². The molecule has 1 aromatic heterocycles. The largest absolute Gasteiger partial charge is 0.465 e. The topological polar surface area (TPSA) is 42.1 Å². The molecule has 0 atom stereocenters. The molecule has 0 bridgehead atoms. The molecule has 1 saturated carbocycles. The Morgan fingerprint density at radius 2 is 2.05 bits per heavy atom. The second-order valence-corrected chi connectivity index (χ2v) is 6.00. The number of rotatable bonds is 2. The summed E-state index contributed by atoms with van der Waals surface area (Å²) in [6.07, 6.45) is 7.24. The van der Waals surface area contributed by atoms with Crippen molar-refractivity contribution in [2.45, 2.75) is 32.6 Å². The van der Waals surface area contributed by atoms with Crippen molar-refractivity contribution in [3.63, 3.8) is 0 Å². The number of ether oxygens (including phenoxy) is 1. The third-order valence-corrected chi connectivity index (χ3v) is 4.34. The Morgan fingerprint density at radius 3 is 2.76 bits per heavy atom. The van der Waals surface area contributed by atoms with E-state index in [1.165, 1.54) is 38.4 Å². The van der Waals surface area contributed by atoms with Gasteiger partial charge in [-0.15, -0.1) is 0 Å². The Labute approximate surface area is 125 Å². The fraction of sp³-hybridized carbons (Fsp3) is 0.389. The minimum absolute atomic E-state index is 0.292. The highest BCUT2D eigenvalue weighted by molar-refractivity contribution is 5.95. The Morgan fingerprint density at radius 1 is 1.29 bits per heavy atom. The van der Waals surface area contributed by atoms with E-state index >= 15 is 0 Å². The lowest BCUT2D eigenvalue weighted by atomic mass is 9.87. The van der Waals surface area contributed by atoms with Crippen LogP contribution in [0.5, 0.6) is 0 Å². The fourth-order valence-electron chi connectivity index (χ4n) is 2.97. The van der Waals surface area contributed by atoms with Crippen LogP contribution in [-0.2, 0) is 4.74 Å². The zero-order valence-electron chi connectivity index (χ0n) is 12.6. The minimum Gasteiger partial charge on any atom is -0.465 e. The van der Waals surface area contributed by atoms with Crippen molar-refractivity contribution in [1.29, 1.82) is 0 Å². The van der Waals surface area contributed by atoms with Crippen molar-refractivity contribution in [1.82, 2.24) is 4.98 Å². The summed E-state index contributed by atoms with van der Waals surface area (Å²) >= 11 is 0. The van der Waals surface area contributed by atoms with E-state index in [-0.39, 0.29) is 5.97 Å². The maximum absolute atomic E-state index is 11.6. The van der Waals surface area contributed by atoms with Crippen molar-refractivity contribution in [2.24, 2.45) is 5.92 Å². The van der Waals surface area contributed by atoms with Gasteiger partial charge in [-0.2, -0.15) is 0 Å². The summed E-state index contributed by atoms with van der Waals surface area (Å²) in [4.78, 5) is 15.0. The van der Waals surface area contributed by atoms with Gasteiger partial charge >= 0.3 is 5.97 Å². The van der Waals surface area contributed by atoms with Crippen LogP contribution in [0.1, 0.15) is 48.7 Å². The van der Waals surface area contributed by atoms with Crippen LogP contribution in [0.25, 0.3) is 17.0 Å². The van der Waals surface area contributed by atoms with Gasteiger partial charge in [-0.25, -0.2) is 4.79 Å². The number of fused-ring (bicyclic) bond motifs is 1. The summed E-state index contributed by atoms with van der Waals surface area (Å²) in [5, 5.41) is 1.05. The maximum atomic E-state index is 11.6. The van der Waals surface area contributed by atoms with Crippen LogP contribution < -0.4 is 0 Å². The number of H-pyrrole nitrogens is 1. The number of nitrogens with one attached hydrogen (secondary N) is 1. The smallest absolute Gasteiger partial charge is 0.337 e. The first-order valence-electron chi connectivity index (χ1n) is 7.56. The molecule has 0 radical (unpaired) electrons. The number of esters is 1. The highest BCUT2D eigenvalue weighted by Crippen LogP contribution is 2.29. The van der Waals surface area contributed by atoms with Gasteiger partial charge in [-0.1, -0.05) is 12.5 Å². The molecule has 21 heavy (non-hydrogen) atoms. The number of carbonyl (C=O) groups is 1. The molecule has 110 valence electrons. The molecule has 1 N–H and O–H groups in total. The Kier molecular flexibility index (Phi) is 3.82. The molecule has 0 amide bonds. The lowest BCUT2D eigenvalue weighted by Crippen LogP contribution is -2.03. The van der Waals surface area contributed by atoms with Gasteiger partial charge in [0, 0.05) is 16.6 Å². The van der Waals surface area contributed by atoms with Gasteiger partial charge in [0.05, 0.1) is 12.7 Å². The predicted octanol–water partition coefficient (Wildman–Crippen LogP) is 4.55. The Hall–Kier alpha value is -2.03. The second kappa shape index (κ2) is 5.76. The van der Waals surface area contributed by atoms with Gasteiger partial charge in [0.15, 0.2) is 0 Å². The third kappa shape index (κ3) is 3.02. The summed E-state index contributed by atoms with van der Waals surface area (Å²) < 4.78 is 4.76. The molecule has 1 fully saturated rings. The standard InChI is InChI=1S/C18H21NO2/c1-12-3-5-13(6-4-12)9-16-11-15-10-14(18(20)21-2)7-8-17(15)19-16/h7-12,19H,3-6H2,1-2H3. The third-order valence-electron chi connectivity index (χ3n) is 4.34. The monoisotopic (exact) mass is 283 g/mol. The van der Waals surface area contributed by atoms with Gasteiger partial charge in [-0.05, 0) is 61.9 Å². The average molecular weight is 283 g/mol. The summed E-state index contributed by atoms with van der Waals surface area (Å²) in [6.45, 7) is 2.33. The first kappa shape index (κ1) is 13.9. The SMILES string of the molecule is COC(=O)c1ccc2[nH]c(C=C3CCC(C)CC3)cc2c1. The van der Waals surface area contributed by atoms with Gasteiger partial charge in [-0.3, -0.25) is 0 Å². The van der Waals surface area contributed by atoms with E-state index in [4.69, 9.17) is 4.74 Å². The van der Waals surface area contributed by atoms with Crippen LogP contribution in [0, 0.1) is 5.92 Å². The summed E-state index contributed by atoms with van der Waals surface area (Å²) in [5.74, 6) is 0.562. The lowest BCUT2D eigenvalue weighted by Gasteiger charge is -2.19. The number of aromatic amines is 1. The number of methoxy groups -OCH3 is 1. The second-order valence-electron chi connectivity index (χ2n) is 6.00. The number of benzene rings is 1. The summed E-state index contributed by atoms with van der Waals surface area (Å²) in [7, 11) is 1.41. The number of allylic oxidation sites excluding steroid dienone is 1. The molecule has 1 aromatic carbocycles. The van der Waals surface area contributed by atoms with E-state index in [2.05, 4.69) is 24.1 Å². The van der Waals surface area contributed by atoms with Crippen LogP contribution >= 0.6 is 0 Å². The molecule has 1 aliphatic carbocycles. The van der Waals surface area contributed by atoms with E-state index in [9.17, 15) is 4.79 Å². The lowest BCUT2D eigenvalue weighted by molar-refractivity contribution is 0.0601. The Balaban J connectivity index is 1.87. The summed E-state index contributed by atoms with van der Waals surface area (Å²) in [5.41, 5.74) is 4.29. The van der Waals surface area contributed by atoms with Crippen molar-refractivity contribution in [2.75, 3.05) is 7.11 Å². The molecule has 2 aromatic rings. The first-order chi connectivity index (χ1) is 10.2. The number of aromatic nitrogens is 1. The quantitative estimate of drug-likeness (QED) is 0.822. The molecule has 0 saturated heterocycles. The molecular formula is C18H21NO2. The molecular weight excluding hydrogens is 262 g/mol. The van der Waals surface area contributed by atoms with Crippen LogP contribution in [0.2, 0.25) is 0 Å². The van der Waals surface area contributed by atoms with Crippen LogP contribution in [0.3, 0.4) is 0 Å². The molecule has 1 aliphatic rings. The van der Waals surface area contributed by atoms with Gasteiger partial charge in [0.2, 0.25) is 0 Å². The van der Waals surface area contributed by atoms with Gasteiger partial charge in [0.1, 0.15) is 0 Å². The van der Waals surface area contributed by atoms with Crippen molar-refractivity contribution in [3.8, 4) is 0 Å². The van der Waals surface area contributed by atoms with Crippen LogP contribution in [-0.4, -0.2) is 18.1 Å². The molecule has 1 heterocycles. The first-order valence-corrected chi connectivity index (χ1v) is 7.56. The van der Waals surface area contributed by atoms with Crippen LogP contribution in [0.15, 0.2) is 29.8 Å². The summed E-state index contributed by atoms with van der Waals surface area (Å²) in [6, 6.07) is 7.71. The molecule has 0 aliphatic heterocycles. The van der Waals surface area contributed by atoms with Gasteiger partial charge < -0.3 is 9.72 Å². The maximum Gasteiger partial charge on any atom is 0.337 e. The molecule has 0 unspecified atom stereocenters. The molecule has 3 rings (SSSR count). The van der Waals surface area contributed by atoms with Crippen molar-refractivity contribution < 1.29 is 9.53 Å². The molecule has 3 nitrogen and oxygen atoms in total. The zero-order valence-corrected chi connectivity index (χ0v) is 12.6. The van der Waals surface area contributed by atoms with E-state index < -0.39 is 0 Å². The van der Waals surface area contributed by atoms with E-state index in [0.717, 1.165) is 22.5 Å². The minimum atomic E-state index is -0.292. The molecule has 3 heteroatoms. The normalized spacial score (nSPS) is 18.8. The van der Waals surface area contributed by atoms with Gasteiger partial charge in [0.25, 0.3) is 0 Å². The highest BCUT2D eigenvalue weighted by atomic mass is 16.5. The Bertz CT molecular complexity index is 686. The number of hydrogen-bond acceptors (Lipinski definition) is 2. The number of carbonyl (C=O) groups excluding carboxylic acids is 1.